The first-order chi connectivity index (χ1) is 10.7. The monoisotopic (exact) mass is 300 g/mol. The van der Waals surface area contributed by atoms with Crippen LogP contribution in [0.4, 0.5) is 5.95 Å². The second-order valence-corrected chi connectivity index (χ2v) is 4.60. The number of anilines is 1. The fourth-order valence-electron chi connectivity index (χ4n) is 2.27. The standard InChI is InChI=1S/C14H16N6O2/c1-19-8-7-9(18-19)13-16-17-14(15)20(13)12-10(21-2)5-4-6-11(12)22-3/h4-8H,1-3H3,(H2,15,17). The van der Waals surface area contributed by atoms with Gasteiger partial charge in [-0.1, -0.05) is 6.07 Å². The summed E-state index contributed by atoms with van der Waals surface area (Å²) >= 11 is 0. The molecular formula is C14H16N6O2. The van der Waals surface area contributed by atoms with Gasteiger partial charge in [0.2, 0.25) is 5.95 Å². The third-order valence-electron chi connectivity index (χ3n) is 3.26. The average molecular weight is 300 g/mol. The molecule has 0 unspecified atom stereocenters. The highest BCUT2D eigenvalue weighted by molar-refractivity contribution is 5.65. The molecule has 0 aliphatic heterocycles. The predicted octanol–water partition coefficient (Wildman–Crippen LogP) is 1.27. The van der Waals surface area contributed by atoms with Crippen molar-refractivity contribution in [2.45, 2.75) is 0 Å². The van der Waals surface area contributed by atoms with Crippen LogP contribution in [0.25, 0.3) is 17.2 Å². The number of para-hydroxylation sites is 1. The lowest BCUT2D eigenvalue weighted by Gasteiger charge is -2.15. The van der Waals surface area contributed by atoms with E-state index >= 15 is 0 Å². The zero-order valence-corrected chi connectivity index (χ0v) is 12.5. The van der Waals surface area contributed by atoms with E-state index in [2.05, 4.69) is 15.3 Å². The topological polar surface area (TPSA) is 93.0 Å². The molecule has 2 heterocycles. The molecule has 8 nitrogen and oxygen atoms in total. The second kappa shape index (κ2) is 5.40. The van der Waals surface area contributed by atoms with Crippen LogP contribution in [0.1, 0.15) is 0 Å². The minimum Gasteiger partial charge on any atom is -0.494 e. The Hall–Kier alpha value is -3.03. The van der Waals surface area contributed by atoms with E-state index in [1.807, 2.05) is 37.5 Å². The predicted molar refractivity (Wildman–Crippen MR) is 81.1 cm³/mol. The van der Waals surface area contributed by atoms with Gasteiger partial charge in [0.15, 0.2) is 5.82 Å². The van der Waals surface area contributed by atoms with E-state index in [0.29, 0.717) is 28.7 Å². The average Bonchev–Trinajstić information content (AvgIpc) is 3.12. The Kier molecular flexibility index (Phi) is 3.42. The fourth-order valence-corrected chi connectivity index (χ4v) is 2.27. The molecule has 114 valence electrons. The number of nitrogens with zero attached hydrogens (tertiary/aromatic N) is 5. The molecule has 2 N–H and O–H groups in total. The van der Waals surface area contributed by atoms with Crippen molar-refractivity contribution in [3.05, 3.63) is 30.5 Å². The Bertz CT molecular complexity index is 785. The molecule has 0 saturated heterocycles. The first-order valence-corrected chi connectivity index (χ1v) is 6.58. The molecule has 22 heavy (non-hydrogen) atoms. The van der Waals surface area contributed by atoms with E-state index in [-0.39, 0.29) is 5.95 Å². The van der Waals surface area contributed by atoms with Crippen molar-refractivity contribution in [1.29, 1.82) is 0 Å². The highest BCUT2D eigenvalue weighted by Crippen LogP contribution is 2.36. The molecule has 0 fully saturated rings. The van der Waals surface area contributed by atoms with Crippen LogP contribution in [0.3, 0.4) is 0 Å². The third-order valence-corrected chi connectivity index (χ3v) is 3.26. The molecule has 8 heteroatoms. The van der Waals surface area contributed by atoms with Crippen LogP contribution in [0.2, 0.25) is 0 Å². The van der Waals surface area contributed by atoms with Gasteiger partial charge in [-0.15, -0.1) is 10.2 Å². The van der Waals surface area contributed by atoms with Crippen molar-refractivity contribution in [2.75, 3.05) is 20.0 Å². The number of aryl methyl sites for hydroxylation is 1. The Morgan fingerprint density at radius 3 is 2.27 bits per heavy atom. The molecule has 0 spiro atoms. The van der Waals surface area contributed by atoms with Crippen LogP contribution in [-0.2, 0) is 7.05 Å². The second-order valence-electron chi connectivity index (χ2n) is 4.60. The minimum atomic E-state index is 0.225. The van der Waals surface area contributed by atoms with E-state index in [1.165, 1.54) is 0 Å². The number of hydrogen-bond donors (Lipinski definition) is 1. The molecule has 2 aromatic heterocycles. The molecule has 0 atom stereocenters. The summed E-state index contributed by atoms with van der Waals surface area (Å²) in [5, 5.41) is 12.4. The molecule has 0 bridgehead atoms. The number of nitrogens with two attached hydrogens (primary N) is 1. The largest absolute Gasteiger partial charge is 0.494 e. The molecule has 0 saturated carbocycles. The zero-order valence-electron chi connectivity index (χ0n) is 12.5. The van der Waals surface area contributed by atoms with Gasteiger partial charge in [0, 0.05) is 13.2 Å². The molecule has 3 aromatic rings. The van der Waals surface area contributed by atoms with Gasteiger partial charge in [-0.3, -0.25) is 9.25 Å². The number of benzene rings is 1. The van der Waals surface area contributed by atoms with E-state index < -0.39 is 0 Å². The Morgan fingerprint density at radius 1 is 1.05 bits per heavy atom. The highest BCUT2D eigenvalue weighted by Gasteiger charge is 2.21. The molecule has 0 aliphatic rings. The minimum absolute atomic E-state index is 0.225. The van der Waals surface area contributed by atoms with Gasteiger partial charge in [-0.25, -0.2) is 0 Å². The van der Waals surface area contributed by atoms with Gasteiger partial charge in [-0.05, 0) is 18.2 Å². The number of hydrogen-bond acceptors (Lipinski definition) is 6. The molecule has 1 aromatic carbocycles. The summed E-state index contributed by atoms with van der Waals surface area (Å²) in [7, 11) is 5.00. The van der Waals surface area contributed by atoms with E-state index in [0.717, 1.165) is 0 Å². The lowest BCUT2D eigenvalue weighted by Crippen LogP contribution is -2.07. The van der Waals surface area contributed by atoms with Crippen molar-refractivity contribution >= 4 is 5.95 Å². The number of aromatic nitrogens is 5. The molecule has 0 aliphatic carbocycles. The smallest absolute Gasteiger partial charge is 0.227 e. The van der Waals surface area contributed by atoms with E-state index in [9.17, 15) is 0 Å². The van der Waals surface area contributed by atoms with Crippen molar-refractivity contribution < 1.29 is 9.47 Å². The Labute approximate surface area is 127 Å². The van der Waals surface area contributed by atoms with Gasteiger partial charge in [-0.2, -0.15) is 5.10 Å². The van der Waals surface area contributed by atoms with Crippen molar-refractivity contribution in [3.8, 4) is 28.7 Å². The highest BCUT2D eigenvalue weighted by atomic mass is 16.5. The van der Waals surface area contributed by atoms with Crippen LogP contribution in [-0.4, -0.2) is 38.8 Å². The van der Waals surface area contributed by atoms with Gasteiger partial charge < -0.3 is 15.2 Å². The van der Waals surface area contributed by atoms with Gasteiger partial charge in [0.1, 0.15) is 22.9 Å². The number of rotatable bonds is 4. The Morgan fingerprint density at radius 2 is 1.73 bits per heavy atom. The Balaban J connectivity index is 2.28. The molecule has 3 rings (SSSR count). The van der Waals surface area contributed by atoms with E-state index in [4.69, 9.17) is 15.2 Å². The lowest BCUT2D eigenvalue weighted by molar-refractivity contribution is 0.391. The maximum atomic E-state index is 6.01. The van der Waals surface area contributed by atoms with Crippen LogP contribution in [0.15, 0.2) is 30.5 Å². The number of methoxy groups -OCH3 is 2. The first kappa shape index (κ1) is 13.9. The number of ether oxygens (including phenoxy) is 2. The summed E-state index contributed by atoms with van der Waals surface area (Å²) in [6.45, 7) is 0. The molecular weight excluding hydrogens is 284 g/mol. The zero-order chi connectivity index (χ0) is 15.7. The van der Waals surface area contributed by atoms with Gasteiger partial charge in [0.05, 0.1) is 14.2 Å². The molecule has 0 amide bonds. The van der Waals surface area contributed by atoms with Crippen LogP contribution in [0, 0.1) is 0 Å². The first-order valence-electron chi connectivity index (χ1n) is 6.58. The maximum Gasteiger partial charge on any atom is 0.227 e. The SMILES string of the molecule is COc1cccc(OC)c1-n1c(N)nnc1-c1ccn(C)n1. The fraction of sp³-hybridized carbons (Fsp3) is 0.214. The molecule has 0 radical (unpaired) electrons. The summed E-state index contributed by atoms with van der Waals surface area (Å²) in [5.41, 5.74) is 7.30. The summed E-state index contributed by atoms with van der Waals surface area (Å²) in [6.07, 6.45) is 1.82. The van der Waals surface area contributed by atoms with Crippen LogP contribution < -0.4 is 15.2 Å². The van der Waals surface area contributed by atoms with Crippen LogP contribution >= 0.6 is 0 Å². The van der Waals surface area contributed by atoms with Crippen LogP contribution in [0.5, 0.6) is 11.5 Å². The quantitative estimate of drug-likeness (QED) is 0.780. The summed E-state index contributed by atoms with van der Waals surface area (Å²) in [6, 6.07) is 7.31. The third kappa shape index (κ3) is 2.14. The summed E-state index contributed by atoms with van der Waals surface area (Å²) in [5.74, 6) is 1.94. The summed E-state index contributed by atoms with van der Waals surface area (Å²) in [4.78, 5) is 0. The van der Waals surface area contributed by atoms with Crippen molar-refractivity contribution in [2.24, 2.45) is 7.05 Å². The summed E-state index contributed by atoms with van der Waals surface area (Å²) < 4.78 is 14.2. The van der Waals surface area contributed by atoms with E-state index in [1.54, 1.807) is 23.5 Å². The van der Waals surface area contributed by atoms with Gasteiger partial charge >= 0.3 is 0 Å². The van der Waals surface area contributed by atoms with Crippen molar-refractivity contribution in [3.63, 3.8) is 0 Å². The van der Waals surface area contributed by atoms with Crippen molar-refractivity contribution in [1.82, 2.24) is 24.5 Å². The lowest BCUT2D eigenvalue weighted by atomic mass is 10.2. The van der Waals surface area contributed by atoms with Gasteiger partial charge in [0.25, 0.3) is 0 Å². The normalized spacial score (nSPS) is 10.7. The number of nitrogen functional groups attached to an aromatic ring is 1. The maximum absolute atomic E-state index is 6.01.